The molecule has 3 rings (SSSR count). The minimum Gasteiger partial charge on any atom is -0.477 e. The van der Waals surface area contributed by atoms with Crippen molar-refractivity contribution in [1.82, 2.24) is 19.6 Å². The van der Waals surface area contributed by atoms with Crippen molar-refractivity contribution in [3.05, 3.63) is 35.5 Å². The Morgan fingerprint density at radius 2 is 2.24 bits per heavy atom. The molecule has 0 amide bonds. The molecule has 0 bridgehead atoms. The first-order valence-corrected chi connectivity index (χ1v) is 5.62. The summed E-state index contributed by atoms with van der Waals surface area (Å²) in [5.41, 5.74) is -0.0392. The maximum Gasteiger partial charge on any atom is 0.354 e. The molecule has 0 spiro atoms. The van der Waals surface area contributed by atoms with Gasteiger partial charge in [-0.15, -0.1) is 16.4 Å². The monoisotopic (exact) mass is 246 g/mol. The lowest BCUT2D eigenvalue weighted by Gasteiger charge is -1.92. The Hall–Kier alpha value is -2.28. The highest BCUT2D eigenvalue weighted by molar-refractivity contribution is 7.13. The second-order valence-corrected chi connectivity index (χ2v) is 4.22. The first kappa shape index (κ1) is 9.91. The van der Waals surface area contributed by atoms with E-state index in [1.54, 1.807) is 0 Å². The number of carboxylic acids is 1. The molecule has 6 nitrogen and oxygen atoms in total. The lowest BCUT2D eigenvalue weighted by Crippen LogP contribution is -2.02. The lowest BCUT2D eigenvalue weighted by atomic mass is 10.4. The van der Waals surface area contributed by atoms with Crippen molar-refractivity contribution in [2.75, 3.05) is 0 Å². The highest BCUT2D eigenvalue weighted by atomic mass is 32.1. The molecular weight excluding hydrogens is 240 g/mol. The molecule has 0 fully saturated rings. The van der Waals surface area contributed by atoms with Crippen LogP contribution in [0, 0.1) is 0 Å². The molecule has 3 aromatic rings. The zero-order chi connectivity index (χ0) is 11.8. The van der Waals surface area contributed by atoms with Gasteiger partial charge in [-0.1, -0.05) is 6.07 Å². The van der Waals surface area contributed by atoms with Gasteiger partial charge in [-0.3, -0.25) is 0 Å². The topological polar surface area (TPSA) is 80.4 Å². The highest BCUT2D eigenvalue weighted by Crippen LogP contribution is 2.21. The van der Waals surface area contributed by atoms with Crippen LogP contribution in [0.25, 0.3) is 16.5 Å². The van der Waals surface area contributed by atoms with E-state index in [9.17, 15) is 4.79 Å². The SMILES string of the molecule is O=C(O)c1ccn2nc(-c3cccs3)nc2n1. The molecule has 0 saturated carbocycles. The second-order valence-electron chi connectivity index (χ2n) is 3.28. The van der Waals surface area contributed by atoms with E-state index in [4.69, 9.17) is 5.11 Å². The van der Waals surface area contributed by atoms with Gasteiger partial charge in [-0.2, -0.15) is 4.98 Å². The van der Waals surface area contributed by atoms with E-state index >= 15 is 0 Å². The molecule has 0 aliphatic heterocycles. The predicted octanol–water partition coefficient (Wildman–Crippen LogP) is 1.55. The van der Waals surface area contributed by atoms with E-state index in [1.165, 1.54) is 28.1 Å². The van der Waals surface area contributed by atoms with Gasteiger partial charge in [0.1, 0.15) is 0 Å². The summed E-state index contributed by atoms with van der Waals surface area (Å²) in [4.78, 5) is 19.8. The average Bonchev–Trinajstić information content (AvgIpc) is 2.96. The molecule has 0 aliphatic rings. The predicted molar refractivity (Wildman–Crippen MR) is 61.1 cm³/mol. The summed E-state index contributed by atoms with van der Waals surface area (Å²) >= 11 is 1.52. The molecule has 3 aromatic heterocycles. The van der Waals surface area contributed by atoms with Crippen LogP contribution in [-0.4, -0.2) is 30.7 Å². The Kier molecular flexibility index (Phi) is 2.12. The van der Waals surface area contributed by atoms with Crippen molar-refractivity contribution in [2.24, 2.45) is 0 Å². The van der Waals surface area contributed by atoms with E-state index in [2.05, 4.69) is 15.1 Å². The molecule has 0 unspecified atom stereocenters. The maximum absolute atomic E-state index is 10.8. The number of fused-ring (bicyclic) bond motifs is 1. The smallest absolute Gasteiger partial charge is 0.354 e. The number of hydrogen-bond donors (Lipinski definition) is 1. The van der Waals surface area contributed by atoms with Gasteiger partial charge in [-0.05, 0) is 17.5 Å². The average molecular weight is 246 g/mol. The number of hydrogen-bond acceptors (Lipinski definition) is 5. The first-order valence-electron chi connectivity index (χ1n) is 4.74. The van der Waals surface area contributed by atoms with Gasteiger partial charge in [0.15, 0.2) is 11.5 Å². The van der Waals surface area contributed by atoms with Crippen LogP contribution in [0.15, 0.2) is 29.8 Å². The van der Waals surface area contributed by atoms with Gasteiger partial charge in [0.2, 0.25) is 0 Å². The van der Waals surface area contributed by atoms with E-state index in [-0.39, 0.29) is 11.5 Å². The van der Waals surface area contributed by atoms with E-state index in [0.29, 0.717) is 5.82 Å². The van der Waals surface area contributed by atoms with Gasteiger partial charge in [0, 0.05) is 6.20 Å². The van der Waals surface area contributed by atoms with Crippen LogP contribution >= 0.6 is 11.3 Å². The summed E-state index contributed by atoms with van der Waals surface area (Å²) in [5, 5.41) is 15.0. The minimum absolute atomic E-state index is 0.0392. The van der Waals surface area contributed by atoms with Gasteiger partial charge < -0.3 is 5.11 Å². The van der Waals surface area contributed by atoms with Crippen LogP contribution < -0.4 is 0 Å². The number of thiophene rings is 1. The Labute approximate surface area is 99.2 Å². The number of aromatic nitrogens is 4. The minimum atomic E-state index is -1.08. The van der Waals surface area contributed by atoms with Gasteiger partial charge in [-0.25, -0.2) is 14.3 Å². The van der Waals surface area contributed by atoms with Crippen LogP contribution in [0.5, 0.6) is 0 Å². The lowest BCUT2D eigenvalue weighted by molar-refractivity contribution is 0.0690. The van der Waals surface area contributed by atoms with Crippen LogP contribution in [0.2, 0.25) is 0 Å². The summed E-state index contributed by atoms with van der Waals surface area (Å²) in [6.45, 7) is 0. The van der Waals surface area contributed by atoms with Crippen LogP contribution in [-0.2, 0) is 0 Å². The third-order valence-corrected chi connectivity index (χ3v) is 3.03. The fraction of sp³-hybridized carbons (Fsp3) is 0. The van der Waals surface area contributed by atoms with E-state index in [1.807, 2.05) is 17.5 Å². The Balaban J connectivity index is 2.16. The van der Waals surface area contributed by atoms with Crippen molar-refractivity contribution in [1.29, 1.82) is 0 Å². The summed E-state index contributed by atoms with van der Waals surface area (Å²) in [5.74, 6) is -0.239. The second kappa shape index (κ2) is 3.63. The Morgan fingerprint density at radius 1 is 1.35 bits per heavy atom. The summed E-state index contributed by atoms with van der Waals surface area (Å²) < 4.78 is 1.46. The standard InChI is InChI=1S/C10H6N4O2S/c15-9(16)6-3-4-14-10(11-6)12-8(13-14)7-2-1-5-17-7/h1-5H,(H,15,16). The molecule has 0 aliphatic carbocycles. The van der Waals surface area contributed by atoms with Crippen LogP contribution in [0.3, 0.4) is 0 Å². The molecule has 1 N–H and O–H groups in total. The third-order valence-electron chi connectivity index (χ3n) is 2.17. The van der Waals surface area contributed by atoms with Gasteiger partial charge >= 0.3 is 5.97 Å². The summed E-state index contributed by atoms with van der Waals surface area (Å²) in [6, 6.07) is 5.20. The Morgan fingerprint density at radius 3 is 2.94 bits per heavy atom. The quantitative estimate of drug-likeness (QED) is 0.742. The van der Waals surface area contributed by atoms with Crippen molar-refractivity contribution in [2.45, 2.75) is 0 Å². The summed E-state index contributed by atoms with van der Waals surface area (Å²) in [7, 11) is 0. The van der Waals surface area contributed by atoms with E-state index in [0.717, 1.165) is 4.88 Å². The zero-order valence-corrected chi connectivity index (χ0v) is 9.26. The normalized spacial score (nSPS) is 10.8. The number of carboxylic acid groups (broad SMARTS) is 1. The number of nitrogens with zero attached hydrogens (tertiary/aromatic N) is 4. The van der Waals surface area contributed by atoms with E-state index < -0.39 is 5.97 Å². The summed E-state index contributed by atoms with van der Waals surface area (Å²) in [6.07, 6.45) is 1.54. The fourth-order valence-corrected chi connectivity index (χ4v) is 2.06. The van der Waals surface area contributed by atoms with Crippen LogP contribution in [0.1, 0.15) is 10.5 Å². The molecule has 84 valence electrons. The van der Waals surface area contributed by atoms with Crippen molar-refractivity contribution in [3.8, 4) is 10.7 Å². The largest absolute Gasteiger partial charge is 0.477 e. The highest BCUT2D eigenvalue weighted by Gasteiger charge is 2.11. The zero-order valence-electron chi connectivity index (χ0n) is 8.44. The number of carbonyl (C=O) groups is 1. The van der Waals surface area contributed by atoms with Crippen molar-refractivity contribution < 1.29 is 9.90 Å². The molecule has 0 radical (unpaired) electrons. The molecule has 3 heterocycles. The van der Waals surface area contributed by atoms with Gasteiger partial charge in [0.05, 0.1) is 4.88 Å². The number of aromatic carboxylic acids is 1. The van der Waals surface area contributed by atoms with Crippen molar-refractivity contribution >= 4 is 23.1 Å². The first-order chi connectivity index (χ1) is 8.24. The van der Waals surface area contributed by atoms with Crippen molar-refractivity contribution in [3.63, 3.8) is 0 Å². The molecule has 0 aromatic carbocycles. The Bertz CT molecular complexity index is 689. The molecular formula is C10H6N4O2S. The van der Waals surface area contributed by atoms with Crippen LogP contribution in [0.4, 0.5) is 0 Å². The maximum atomic E-state index is 10.8. The fourth-order valence-electron chi connectivity index (χ4n) is 1.41. The number of rotatable bonds is 2. The molecule has 17 heavy (non-hydrogen) atoms. The molecule has 7 heteroatoms. The molecule has 0 atom stereocenters. The van der Waals surface area contributed by atoms with Gasteiger partial charge in [0.25, 0.3) is 5.78 Å². The molecule has 0 saturated heterocycles. The third kappa shape index (κ3) is 1.66.